The molecule has 1 N–H and O–H groups in total. The van der Waals surface area contributed by atoms with E-state index in [1.165, 1.54) is 25.1 Å². The summed E-state index contributed by atoms with van der Waals surface area (Å²) >= 11 is 8.62. The van der Waals surface area contributed by atoms with Gasteiger partial charge in [0.15, 0.2) is 9.84 Å². The van der Waals surface area contributed by atoms with Crippen LogP contribution in [0.25, 0.3) is 0 Å². The van der Waals surface area contributed by atoms with E-state index >= 15 is 0 Å². The Labute approximate surface area is 113 Å². The van der Waals surface area contributed by atoms with Crippen molar-refractivity contribution in [3.05, 3.63) is 35.6 Å². The van der Waals surface area contributed by atoms with Gasteiger partial charge in [-0.2, -0.15) is 0 Å². The molecule has 96 valence electrons. The molecule has 0 bridgehead atoms. The Bertz CT molecular complexity index is 504. The Hall–Kier alpha value is -0.170. The van der Waals surface area contributed by atoms with Crippen LogP contribution in [-0.2, 0) is 9.84 Å². The molecule has 0 radical (unpaired) electrons. The van der Waals surface area contributed by atoms with Gasteiger partial charge in [0.2, 0.25) is 3.12 Å². The Morgan fingerprint density at radius 3 is 2.65 bits per heavy atom. The Kier molecular flexibility index (Phi) is 4.57. The van der Waals surface area contributed by atoms with Gasteiger partial charge in [-0.05, 0) is 33.6 Å². The molecular formula is C10H11BrClFO3S. The minimum atomic E-state index is -3.75. The van der Waals surface area contributed by atoms with Gasteiger partial charge in [-0.15, -0.1) is 0 Å². The number of hydrogen-bond donors (Lipinski definition) is 1. The zero-order valence-electron chi connectivity index (χ0n) is 8.90. The summed E-state index contributed by atoms with van der Waals surface area (Å²) in [6.07, 6.45) is -1.56. The number of rotatable bonds is 4. The fourth-order valence-corrected chi connectivity index (χ4v) is 3.50. The molecule has 0 saturated heterocycles. The average Bonchev–Trinajstić information content (AvgIpc) is 2.27. The van der Waals surface area contributed by atoms with Crippen molar-refractivity contribution in [2.75, 3.05) is 5.75 Å². The third-order valence-corrected chi connectivity index (χ3v) is 6.92. The third kappa shape index (κ3) is 2.99. The smallest absolute Gasteiger partial charge is 0.229 e. The number of aliphatic hydroxyl groups is 1. The largest absolute Gasteiger partial charge is 0.385 e. The molecule has 0 spiro atoms. The molecule has 3 nitrogen and oxygen atoms in total. The average molecular weight is 346 g/mol. The van der Waals surface area contributed by atoms with E-state index in [0.717, 1.165) is 6.07 Å². The van der Waals surface area contributed by atoms with E-state index in [9.17, 15) is 17.9 Å². The molecule has 0 aliphatic heterocycles. The van der Waals surface area contributed by atoms with Crippen LogP contribution in [0.3, 0.4) is 0 Å². The van der Waals surface area contributed by atoms with Crippen molar-refractivity contribution in [2.45, 2.75) is 16.1 Å². The molecule has 0 aromatic heterocycles. The summed E-state index contributed by atoms with van der Waals surface area (Å²) in [5.74, 6) is -0.816. The topological polar surface area (TPSA) is 54.4 Å². The van der Waals surface area contributed by atoms with Crippen LogP contribution in [0.1, 0.15) is 18.6 Å². The van der Waals surface area contributed by atoms with Gasteiger partial charge < -0.3 is 5.11 Å². The summed E-state index contributed by atoms with van der Waals surface area (Å²) in [5.41, 5.74) is 0.0916. The van der Waals surface area contributed by atoms with Gasteiger partial charge in [-0.1, -0.05) is 30.7 Å². The van der Waals surface area contributed by atoms with Crippen LogP contribution in [0.4, 0.5) is 4.39 Å². The van der Waals surface area contributed by atoms with Gasteiger partial charge in [-0.25, -0.2) is 12.8 Å². The minimum Gasteiger partial charge on any atom is -0.385 e. The summed E-state index contributed by atoms with van der Waals surface area (Å²) < 4.78 is 34.3. The summed E-state index contributed by atoms with van der Waals surface area (Å²) in [7, 11) is -3.75. The van der Waals surface area contributed by atoms with Crippen LogP contribution in [0.15, 0.2) is 24.3 Å². The zero-order valence-corrected chi connectivity index (χ0v) is 12.1. The summed E-state index contributed by atoms with van der Waals surface area (Å²) in [6.45, 7) is 1.41. The monoisotopic (exact) mass is 344 g/mol. The summed E-state index contributed by atoms with van der Waals surface area (Å²) in [5, 5.41) is 9.91. The number of hydrogen-bond acceptors (Lipinski definition) is 3. The van der Waals surface area contributed by atoms with Gasteiger partial charge in [0, 0.05) is 0 Å². The standard InChI is InChI=1S/C10H11BrClFO3S/c1-2-17(15,16)10(11,12)9(14)7-4-3-5-8(13)6-7/h3-6,9,14H,2H2,1H3/t9-,10-/m1/s1. The molecule has 0 fully saturated rings. The van der Waals surface area contributed by atoms with Gasteiger partial charge in [0.05, 0.1) is 5.75 Å². The highest BCUT2D eigenvalue weighted by Gasteiger charge is 2.45. The maximum Gasteiger partial charge on any atom is 0.229 e. The second-order valence-electron chi connectivity index (χ2n) is 3.42. The van der Waals surface area contributed by atoms with Crippen molar-refractivity contribution < 1.29 is 17.9 Å². The second-order valence-corrected chi connectivity index (χ2v) is 8.93. The first-order valence-corrected chi connectivity index (χ1v) is 7.58. The van der Waals surface area contributed by atoms with Crippen molar-refractivity contribution in [1.29, 1.82) is 0 Å². The van der Waals surface area contributed by atoms with Gasteiger partial charge in [-0.3, -0.25) is 0 Å². The fourth-order valence-electron chi connectivity index (χ4n) is 1.23. The first-order chi connectivity index (χ1) is 7.72. The van der Waals surface area contributed by atoms with E-state index < -0.39 is 24.9 Å². The van der Waals surface area contributed by atoms with Crippen LogP contribution in [0, 0.1) is 5.82 Å². The lowest BCUT2D eigenvalue weighted by Gasteiger charge is -2.25. The van der Waals surface area contributed by atoms with E-state index in [1.54, 1.807) is 0 Å². The lowest BCUT2D eigenvalue weighted by atomic mass is 10.1. The molecule has 0 aliphatic rings. The molecule has 1 aromatic rings. The maximum absolute atomic E-state index is 13.0. The van der Waals surface area contributed by atoms with E-state index in [4.69, 9.17) is 11.6 Å². The first kappa shape index (κ1) is 14.9. The van der Waals surface area contributed by atoms with Crippen LogP contribution in [0.2, 0.25) is 0 Å². The van der Waals surface area contributed by atoms with Crippen molar-refractivity contribution in [2.24, 2.45) is 0 Å². The second kappa shape index (κ2) is 5.22. The molecule has 1 aromatic carbocycles. The lowest BCUT2D eigenvalue weighted by molar-refractivity contribution is 0.184. The Morgan fingerprint density at radius 2 is 2.18 bits per heavy atom. The quantitative estimate of drug-likeness (QED) is 0.853. The number of aliphatic hydroxyl groups excluding tert-OH is 1. The summed E-state index contributed by atoms with van der Waals surface area (Å²) in [4.78, 5) is 0. The molecule has 0 amide bonds. The van der Waals surface area contributed by atoms with Gasteiger partial charge >= 0.3 is 0 Å². The number of alkyl halides is 2. The predicted octanol–water partition coefficient (Wildman–Crippen LogP) is 2.58. The number of benzene rings is 1. The van der Waals surface area contributed by atoms with Gasteiger partial charge in [0.25, 0.3) is 0 Å². The van der Waals surface area contributed by atoms with E-state index in [-0.39, 0.29) is 11.3 Å². The Morgan fingerprint density at radius 1 is 1.59 bits per heavy atom. The first-order valence-electron chi connectivity index (χ1n) is 4.76. The van der Waals surface area contributed by atoms with Crippen molar-refractivity contribution in [3.63, 3.8) is 0 Å². The molecular weight excluding hydrogens is 335 g/mol. The highest BCUT2D eigenvalue weighted by molar-refractivity contribution is 9.12. The van der Waals surface area contributed by atoms with Crippen molar-refractivity contribution in [3.8, 4) is 0 Å². The molecule has 2 atom stereocenters. The van der Waals surface area contributed by atoms with Gasteiger partial charge in [0.1, 0.15) is 11.9 Å². The predicted molar refractivity (Wildman–Crippen MR) is 68.3 cm³/mol. The fraction of sp³-hybridized carbons (Fsp3) is 0.400. The van der Waals surface area contributed by atoms with Crippen LogP contribution >= 0.6 is 27.5 Å². The molecule has 0 unspecified atom stereocenters. The van der Waals surface area contributed by atoms with Crippen LogP contribution < -0.4 is 0 Å². The summed E-state index contributed by atoms with van der Waals surface area (Å²) in [6, 6.07) is 4.99. The number of halogens is 3. The Balaban J connectivity index is 3.17. The highest BCUT2D eigenvalue weighted by Crippen LogP contribution is 2.42. The molecule has 17 heavy (non-hydrogen) atoms. The zero-order chi connectivity index (χ0) is 13.3. The lowest BCUT2D eigenvalue weighted by Crippen LogP contribution is -2.34. The minimum absolute atomic E-state index is 0.0916. The maximum atomic E-state index is 13.0. The van der Waals surface area contributed by atoms with E-state index in [1.807, 2.05) is 0 Å². The van der Waals surface area contributed by atoms with E-state index in [0.29, 0.717) is 0 Å². The normalized spacial score (nSPS) is 17.5. The molecule has 0 aliphatic carbocycles. The molecule has 0 saturated carbocycles. The molecule has 1 rings (SSSR count). The third-order valence-electron chi connectivity index (χ3n) is 2.28. The van der Waals surface area contributed by atoms with Crippen LogP contribution in [0.5, 0.6) is 0 Å². The SMILES string of the molecule is CCS(=O)(=O)[C@@](Cl)(Br)[C@H](O)c1cccc(F)c1. The molecule has 7 heteroatoms. The van der Waals surface area contributed by atoms with Crippen molar-refractivity contribution in [1.82, 2.24) is 0 Å². The highest BCUT2D eigenvalue weighted by atomic mass is 79.9. The molecule has 0 heterocycles. The van der Waals surface area contributed by atoms with Crippen LogP contribution in [-0.4, -0.2) is 22.4 Å². The van der Waals surface area contributed by atoms with E-state index in [2.05, 4.69) is 15.9 Å². The number of sulfone groups is 1. The van der Waals surface area contributed by atoms with Crippen molar-refractivity contribution >= 4 is 37.4 Å².